The van der Waals surface area contributed by atoms with Crippen LogP contribution in [0.2, 0.25) is 0 Å². The van der Waals surface area contributed by atoms with Gasteiger partial charge in [0.15, 0.2) is 0 Å². The molecule has 0 aliphatic heterocycles. The molecule has 6 heteroatoms. The molecule has 170 valence electrons. The molecular formula is C26H32N2O3S. The minimum Gasteiger partial charge on any atom is -0.324 e. The second kappa shape index (κ2) is 7.99. The Morgan fingerprint density at radius 2 is 1.47 bits per heavy atom. The number of carbonyl (C=O) groups is 1. The van der Waals surface area contributed by atoms with Gasteiger partial charge in [0, 0.05) is 12.7 Å². The highest BCUT2D eigenvalue weighted by Gasteiger charge is 2.51. The lowest BCUT2D eigenvalue weighted by Crippen LogP contribution is -2.48. The lowest BCUT2D eigenvalue weighted by molar-refractivity contribution is -0.119. The van der Waals surface area contributed by atoms with E-state index in [1.807, 2.05) is 30.3 Å². The van der Waals surface area contributed by atoms with Gasteiger partial charge in [0.1, 0.15) is 6.04 Å². The number of nitrogens with one attached hydrogen (secondary N) is 1. The zero-order valence-corrected chi connectivity index (χ0v) is 19.6. The van der Waals surface area contributed by atoms with Crippen LogP contribution in [-0.2, 0) is 20.2 Å². The molecule has 0 spiro atoms. The van der Waals surface area contributed by atoms with E-state index >= 15 is 0 Å². The summed E-state index contributed by atoms with van der Waals surface area (Å²) in [6, 6.07) is 16.4. The summed E-state index contributed by atoms with van der Waals surface area (Å²) in [4.78, 5) is 13.2. The number of amides is 1. The predicted octanol–water partition coefficient (Wildman–Crippen LogP) is 4.73. The average Bonchev–Trinajstić information content (AvgIpc) is 2.73. The van der Waals surface area contributed by atoms with Gasteiger partial charge < -0.3 is 5.32 Å². The number of rotatable bonds is 6. The molecule has 2 aromatic rings. The maximum atomic E-state index is 13.2. The van der Waals surface area contributed by atoms with Crippen LogP contribution < -0.4 is 5.32 Å². The normalized spacial score (nSPS) is 29.8. The Morgan fingerprint density at radius 1 is 0.938 bits per heavy atom. The first-order valence-corrected chi connectivity index (χ1v) is 13.5. The minimum atomic E-state index is -3.55. The van der Waals surface area contributed by atoms with Gasteiger partial charge in [-0.2, -0.15) is 4.31 Å². The third-order valence-corrected chi connectivity index (χ3v) is 9.31. The van der Waals surface area contributed by atoms with E-state index < -0.39 is 16.1 Å². The third-order valence-electron chi connectivity index (χ3n) is 8.05. The highest BCUT2D eigenvalue weighted by Crippen LogP contribution is 2.60. The summed E-state index contributed by atoms with van der Waals surface area (Å²) < 4.78 is 25.5. The maximum Gasteiger partial charge on any atom is 0.247 e. The summed E-state index contributed by atoms with van der Waals surface area (Å²) in [5, 5.41) is 2.95. The number of sulfonamides is 1. The summed E-state index contributed by atoms with van der Waals surface area (Å²) in [7, 11) is -2.10. The molecule has 0 unspecified atom stereocenters. The molecule has 4 bridgehead atoms. The molecule has 1 amide bonds. The van der Waals surface area contributed by atoms with Crippen molar-refractivity contribution >= 4 is 21.6 Å². The van der Waals surface area contributed by atoms with Gasteiger partial charge in [0.05, 0.1) is 6.26 Å². The van der Waals surface area contributed by atoms with Gasteiger partial charge in [0.2, 0.25) is 15.9 Å². The number of anilines is 1. The molecular weight excluding hydrogens is 420 g/mol. The monoisotopic (exact) mass is 452 g/mol. The first-order valence-electron chi connectivity index (χ1n) is 11.6. The van der Waals surface area contributed by atoms with E-state index in [9.17, 15) is 13.2 Å². The Bertz CT molecular complexity index is 1060. The van der Waals surface area contributed by atoms with E-state index in [1.54, 1.807) is 12.1 Å². The molecule has 5 nitrogen and oxygen atoms in total. The van der Waals surface area contributed by atoms with Crippen LogP contribution in [0.4, 0.5) is 5.69 Å². The van der Waals surface area contributed by atoms with Crippen molar-refractivity contribution in [1.82, 2.24) is 4.31 Å². The Hall–Kier alpha value is -2.18. The van der Waals surface area contributed by atoms with Crippen molar-refractivity contribution in [2.75, 3.05) is 18.6 Å². The van der Waals surface area contributed by atoms with Gasteiger partial charge in [-0.1, -0.05) is 42.5 Å². The van der Waals surface area contributed by atoms with Crippen LogP contribution >= 0.6 is 0 Å². The van der Waals surface area contributed by atoms with Crippen LogP contribution in [0.5, 0.6) is 0 Å². The van der Waals surface area contributed by atoms with Crippen LogP contribution in [0.25, 0.3) is 0 Å². The van der Waals surface area contributed by atoms with Gasteiger partial charge >= 0.3 is 0 Å². The average molecular weight is 453 g/mol. The molecule has 0 saturated heterocycles. The van der Waals surface area contributed by atoms with Crippen molar-refractivity contribution in [1.29, 1.82) is 0 Å². The number of likely N-dealkylation sites (N-methyl/N-ethyl adjacent to an activating group) is 1. The number of carbonyl (C=O) groups excluding carboxylic acids is 1. The van der Waals surface area contributed by atoms with Crippen LogP contribution in [0.1, 0.15) is 55.7 Å². The Kier molecular flexibility index (Phi) is 5.41. The van der Waals surface area contributed by atoms with Crippen molar-refractivity contribution in [2.45, 2.75) is 50.0 Å². The van der Waals surface area contributed by atoms with Gasteiger partial charge in [-0.05, 0) is 85.0 Å². The molecule has 4 aliphatic carbocycles. The van der Waals surface area contributed by atoms with Gasteiger partial charge in [-0.3, -0.25) is 4.79 Å². The minimum absolute atomic E-state index is 0.320. The maximum absolute atomic E-state index is 13.2. The molecule has 1 atom stereocenters. The Labute approximate surface area is 191 Å². The van der Waals surface area contributed by atoms with Crippen molar-refractivity contribution in [3.05, 3.63) is 65.7 Å². The van der Waals surface area contributed by atoms with Crippen LogP contribution in [0, 0.1) is 17.8 Å². The van der Waals surface area contributed by atoms with Crippen LogP contribution in [-0.4, -0.2) is 31.9 Å². The lowest BCUT2D eigenvalue weighted by Gasteiger charge is -2.57. The highest BCUT2D eigenvalue weighted by atomic mass is 32.2. The molecule has 0 aromatic heterocycles. The summed E-state index contributed by atoms with van der Waals surface area (Å²) in [5.74, 6) is 2.31. The van der Waals surface area contributed by atoms with Crippen LogP contribution in [0.15, 0.2) is 54.6 Å². The molecule has 0 radical (unpaired) electrons. The Morgan fingerprint density at radius 3 is 1.97 bits per heavy atom. The molecule has 6 rings (SSSR count). The number of hydrogen-bond acceptors (Lipinski definition) is 3. The van der Waals surface area contributed by atoms with Gasteiger partial charge in [0.25, 0.3) is 0 Å². The smallest absolute Gasteiger partial charge is 0.247 e. The van der Waals surface area contributed by atoms with Gasteiger partial charge in [-0.25, -0.2) is 8.42 Å². The summed E-state index contributed by atoms with van der Waals surface area (Å²) in [6.07, 6.45) is 9.29. The lowest BCUT2D eigenvalue weighted by atomic mass is 9.48. The van der Waals surface area contributed by atoms with Crippen molar-refractivity contribution in [2.24, 2.45) is 17.8 Å². The first-order chi connectivity index (χ1) is 15.2. The molecule has 4 aliphatic rings. The molecule has 32 heavy (non-hydrogen) atoms. The quantitative estimate of drug-likeness (QED) is 0.689. The molecule has 1 N–H and O–H groups in total. The van der Waals surface area contributed by atoms with E-state index in [0.29, 0.717) is 16.7 Å². The second-order valence-corrected chi connectivity index (χ2v) is 12.4. The van der Waals surface area contributed by atoms with Crippen LogP contribution in [0.3, 0.4) is 0 Å². The predicted molar refractivity (Wildman–Crippen MR) is 127 cm³/mol. The number of benzene rings is 2. The zero-order valence-electron chi connectivity index (χ0n) is 18.8. The molecule has 2 aromatic carbocycles. The fraction of sp³-hybridized carbons (Fsp3) is 0.500. The topological polar surface area (TPSA) is 66.5 Å². The fourth-order valence-corrected chi connectivity index (χ4v) is 7.54. The van der Waals surface area contributed by atoms with E-state index in [0.717, 1.165) is 28.3 Å². The summed E-state index contributed by atoms with van der Waals surface area (Å²) in [5.41, 5.74) is 3.07. The fourth-order valence-electron chi connectivity index (χ4n) is 6.94. The molecule has 4 saturated carbocycles. The highest BCUT2D eigenvalue weighted by molar-refractivity contribution is 7.88. The van der Waals surface area contributed by atoms with E-state index in [1.165, 1.54) is 51.1 Å². The first kappa shape index (κ1) is 21.7. The van der Waals surface area contributed by atoms with Crippen molar-refractivity contribution in [3.8, 4) is 0 Å². The van der Waals surface area contributed by atoms with Gasteiger partial charge in [-0.15, -0.1) is 0 Å². The SMILES string of the molecule is CN([C@@H](C(=O)Nc1ccc(C23CC4CC(CC(C4)C2)C3)cc1)c1ccccc1)S(C)(=O)=O. The van der Waals surface area contributed by atoms with E-state index in [-0.39, 0.29) is 5.91 Å². The standard InChI is InChI=1S/C26H32N2O3S/c1-28(32(2,30)31)24(21-6-4-3-5-7-21)25(29)27-23-10-8-22(9-11-23)26-15-18-12-19(16-26)14-20(13-18)17-26/h3-11,18-20,24H,12-17H2,1-2H3,(H,27,29)/t18?,19?,20?,24-,26?/m1/s1. The molecule has 0 heterocycles. The van der Waals surface area contributed by atoms with Crippen molar-refractivity contribution < 1.29 is 13.2 Å². The number of hydrogen-bond donors (Lipinski definition) is 1. The van der Waals surface area contributed by atoms with E-state index in [4.69, 9.17) is 0 Å². The number of nitrogens with zero attached hydrogens (tertiary/aromatic N) is 1. The molecule has 4 fully saturated rings. The van der Waals surface area contributed by atoms with Crippen molar-refractivity contribution in [3.63, 3.8) is 0 Å². The third kappa shape index (κ3) is 3.99. The van der Waals surface area contributed by atoms with E-state index in [2.05, 4.69) is 17.4 Å². The summed E-state index contributed by atoms with van der Waals surface area (Å²) >= 11 is 0. The zero-order chi connectivity index (χ0) is 22.5. The Balaban J connectivity index is 1.36. The second-order valence-electron chi connectivity index (χ2n) is 10.4. The summed E-state index contributed by atoms with van der Waals surface area (Å²) in [6.45, 7) is 0. The largest absolute Gasteiger partial charge is 0.324 e.